The minimum atomic E-state index is -1.90. The van der Waals surface area contributed by atoms with E-state index in [0.29, 0.717) is 0 Å². The quantitative estimate of drug-likeness (QED) is 0.360. The lowest BCUT2D eigenvalue weighted by molar-refractivity contribution is 0.188. The van der Waals surface area contributed by atoms with E-state index in [1.807, 2.05) is 20.8 Å². The fraction of sp³-hybridized carbons (Fsp3) is 1.00. The second-order valence-electron chi connectivity index (χ2n) is 3.85. The molecular formula is C10H26N2O2Si. The maximum Gasteiger partial charge on any atom is 0.334 e. The molecule has 15 heavy (non-hydrogen) atoms. The van der Waals surface area contributed by atoms with Crippen LogP contribution in [0.4, 0.5) is 0 Å². The van der Waals surface area contributed by atoms with Gasteiger partial charge in [-0.05, 0) is 46.3 Å². The molecule has 5 heteroatoms. The van der Waals surface area contributed by atoms with Gasteiger partial charge in [-0.25, -0.2) is 0 Å². The van der Waals surface area contributed by atoms with Crippen molar-refractivity contribution in [3.05, 3.63) is 0 Å². The summed E-state index contributed by atoms with van der Waals surface area (Å²) >= 11 is 0. The van der Waals surface area contributed by atoms with Gasteiger partial charge in [0, 0.05) is 13.2 Å². The lowest BCUT2D eigenvalue weighted by atomic mass is 10.4. The van der Waals surface area contributed by atoms with Crippen molar-refractivity contribution in [1.29, 1.82) is 0 Å². The largest absolute Gasteiger partial charge is 0.395 e. The van der Waals surface area contributed by atoms with Crippen molar-refractivity contribution in [3.63, 3.8) is 0 Å². The third kappa shape index (κ3) is 7.93. The number of hydrogen-bond acceptors (Lipinski definition) is 4. The average molecular weight is 234 g/mol. The number of hydrogen-bond donors (Lipinski definition) is 2. The van der Waals surface area contributed by atoms with Crippen LogP contribution in [0.1, 0.15) is 27.2 Å². The summed E-state index contributed by atoms with van der Waals surface area (Å²) in [6.45, 7) is 10.5. The second kappa shape index (κ2) is 8.24. The molecule has 0 saturated heterocycles. The highest BCUT2D eigenvalue weighted by molar-refractivity contribution is 6.66. The molecule has 0 amide bonds. The van der Waals surface area contributed by atoms with E-state index in [9.17, 15) is 0 Å². The second-order valence-corrected chi connectivity index (χ2v) is 7.19. The molecule has 0 aliphatic carbocycles. The van der Waals surface area contributed by atoms with E-state index in [1.54, 1.807) is 0 Å². The van der Waals surface area contributed by atoms with Crippen LogP contribution in [0.5, 0.6) is 0 Å². The molecule has 0 saturated carbocycles. The minimum absolute atomic E-state index is 0.0668. The molecule has 0 aromatic carbocycles. The Morgan fingerprint density at radius 1 is 1.27 bits per heavy atom. The Hall–Kier alpha value is 0.0569. The molecule has 4 nitrogen and oxygen atoms in total. The number of rotatable bonds is 9. The van der Waals surface area contributed by atoms with Crippen LogP contribution in [0, 0.1) is 0 Å². The average Bonchev–Trinajstić information content (AvgIpc) is 2.13. The predicted octanol–water partition coefficient (Wildman–Crippen LogP) is 1.42. The van der Waals surface area contributed by atoms with E-state index in [4.69, 9.17) is 14.6 Å². The van der Waals surface area contributed by atoms with Gasteiger partial charge < -0.3 is 19.9 Å². The van der Waals surface area contributed by atoms with Gasteiger partial charge in [0.2, 0.25) is 0 Å². The van der Waals surface area contributed by atoms with Crippen molar-refractivity contribution in [2.24, 2.45) is 5.73 Å². The standard InChI is InChI=1S/C10H26N2O2Si/c1-5-13-15(4,14-6-2)9-7-8-12-10(3)11/h10,12H,5-9,11H2,1-4H3. The van der Waals surface area contributed by atoms with Crippen molar-refractivity contribution in [2.75, 3.05) is 19.8 Å². The lowest BCUT2D eigenvalue weighted by Gasteiger charge is -2.26. The molecule has 0 fully saturated rings. The van der Waals surface area contributed by atoms with Crippen molar-refractivity contribution >= 4 is 8.56 Å². The highest BCUT2D eigenvalue weighted by Gasteiger charge is 2.29. The summed E-state index contributed by atoms with van der Waals surface area (Å²) in [5, 5.41) is 3.19. The van der Waals surface area contributed by atoms with Gasteiger partial charge in [0.05, 0.1) is 6.17 Å². The zero-order valence-electron chi connectivity index (χ0n) is 10.5. The van der Waals surface area contributed by atoms with E-state index in [-0.39, 0.29) is 6.17 Å². The van der Waals surface area contributed by atoms with Gasteiger partial charge >= 0.3 is 8.56 Å². The summed E-state index contributed by atoms with van der Waals surface area (Å²) in [4.78, 5) is 0. The molecule has 0 aliphatic heterocycles. The third-order valence-corrected chi connectivity index (χ3v) is 5.23. The molecule has 92 valence electrons. The van der Waals surface area contributed by atoms with Crippen molar-refractivity contribution in [1.82, 2.24) is 5.32 Å². The van der Waals surface area contributed by atoms with Gasteiger partial charge in [-0.15, -0.1) is 0 Å². The Labute approximate surface area is 94.8 Å². The van der Waals surface area contributed by atoms with Gasteiger partial charge in [-0.3, -0.25) is 0 Å². The summed E-state index contributed by atoms with van der Waals surface area (Å²) in [6.07, 6.45) is 1.13. The maximum atomic E-state index is 5.73. The Morgan fingerprint density at radius 3 is 2.20 bits per heavy atom. The van der Waals surface area contributed by atoms with Crippen molar-refractivity contribution in [2.45, 2.75) is 45.9 Å². The van der Waals surface area contributed by atoms with E-state index in [1.165, 1.54) is 0 Å². The molecule has 0 heterocycles. The van der Waals surface area contributed by atoms with Gasteiger partial charge in [0.25, 0.3) is 0 Å². The van der Waals surface area contributed by atoms with E-state index in [0.717, 1.165) is 32.2 Å². The SMILES string of the molecule is CCO[Si](C)(CCCNC(C)N)OCC. The van der Waals surface area contributed by atoms with E-state index < -0.39 is 8.56 Å². The maximum absolute atomic E-state index is 5.73. The van der Waals surface area contributed by atoms with Crippen LogP contribution >= 0.6 is 0 Å². The highest BCUT2D eigenvalue weighted by Crippen LogP contribution is 2.15. The molecule has 0 aromatic heterocycles. The summed E-state index contributed by atoms with van der Waals surface area (Å²) in [5.41, 5.74) is 5.60. The van der Waals surface area contributed by atoms with Gasteiger partial charge in [-0.2, -0.15) is 0 Å². The number of nitrogens with two attached hydrogens (primary N) is 1. The molecule has 0 aromatic rings. The normalized spacial score (nSPS) is 14.2. The molecule has 1 atom stereocenters. The Balaban J connectivity index is 3.75. The van der Waals surface area contributed by atoms with E-state index >= 15 is 0 Å². The van der Waals surface area contributed by atoms with Crippen LogP contribution < -0.4 is 11.1 Å². The summed E-state index contributed by atoms with van der Waals surface area (Å²) in [7, 11) is -1.90. The van der Waals surface area contributed by atoms with Gasteiger partial charge in [-0.1, -0.05) is 0 Å². The fourth-order valence-corrected chi connectivity index (χ4v) is 3.95. The van der Waals surface area contributed by atoms with Crippen molar-refractivity contribution < 1.29 is 8.85 Å². The molecule has 3 N–H and O–H groups in total. The first kappa shape index (κ1) is 15.1. The molecule has 0 rings (SSSR count). The molecular weight excluding hydrogens is 208 g/mol. The van der Waals surface area contributed by atoms with E-state index in [2.05, 4.69) is 11.9 Å². The van der Waals surface area contributed by atoms with Crippen LogP contribution in [0.2, 0.25) is 12.6 Å². The first-order valence-electron chi connectivity index (χ1n) is 5.81. The first-order chi connectivity index (χ1) is 7.04. The topological polar surface area (TPSA) is 56.5 Å². The summed E-state index contributed by atoms with van der Waals surface area (Å²) in [5.74, 6) is 0. The number of nitrogens with one attached hydrogen (secondary N) is 1. The summed E-state index contributed by atoms with van der Waals surface area (Å²) < 4.78 is 11.5. The van der Waals surface area contributed by atoms with Crippen LogP contribution in [0.3, 0.4) is 0 Å². The fourth-order valence-electron chi connectivity index (χ4n) is 1.54. The van der Waals surface area contributed by atoms with Crippen LogP contribution in [0.15, 0.2) is 0 Å². The minimum Gasteiger partial charge on any atom is -0.395 e. The molecule has 0 spiro atoms. The van der Waals surface area contributed by atoms with Crippen LogP contribution in [0.25, 0.3) is 0 Å². The Bertz CT molecular complexity index is 150. The first-order valence-corrected chi connectivity index (χ1v) is 8.33. The van der Waals surface area contributed by atoms with Crippen LogP contribution in [-0.2, 0) is 8.85 Å². The van der Waals surface area contributed by atoms with Gasteiger partial charge in [0.15, 0.2) is 0 Å². The molecule has 0 radical (unpaired) electrons. The molecule has 0 aliphatic rings. The molecule has 0 bridgehead atoms. The van der Waals surface area contributed by atoms with Crippen molar-refractivity contribution in [3.8, 4) is 0 Å². The smallest absolute Gasteiger partial charge is 0.334 e. The predicted molar refractivity (Wildman–Crippen MR) is 65.9 cm³/mol. The lowest BCUT2D eigenvalue weighted by Crippen LogP contribution is -2.40. The Morgan fingerprint density at radius 2 is 1.80 bits per heavy atom. The summed E-state index contributed by atoms with van der Waals surface area (Å²) in [6, 6.07) is 1.02. The van der Waals surface area contributed by atoms with Gasteiger partial charge in [0.1, 0.15) is 0 Å². The molecule has 1 unspecified atom stereocenters. The monoisotopic (exact) mass is 234 g/mol. The third-order valence-electron chi connectivity index (χ3n) is 2.17. The zero-order valence-corrected chi connectivity index (χ0v) is 11.5. The highest BCUT2D eigenvalue weighted by atomic mass is 28.4. The Kier molecular flexibility index (Phi) is 8.27. The van der Waals surface area contributed by atoms with Crippen LogP contribution in [-0.4, -0.2) is 34.5 Å². The zero-order chi connectivity index (χ0) is 11.7.